The zero-order chi connectivity index (χ0) is 9.40. The number of aliphatic carboxylic acids is 1. The van der Waals surface area contributed by atoms with E-state index in [0.29, 0.717) is 0 Å². The van der Waals surface area contributed by atoms with Gasteiger partial charge < -0.3 is 20.4 Å². The zero-order valence-corrected chi connectivity index (χ0v) is 7.29. The smallest absolute Gasteiger partial charge is 0.329 e. The Morgan fingerprint density at radius 1 is 1.50 bits per heavy atom. The molecular weight excluding hydrogens is 160 g/mol. The molecule has 5 heteroatoms. The highest BCUT2D eigenvalue weighted by Crippen LogP contribution is 1.83. The Morgan fingerprint density at radius 3 is 2.08 bits per heavy atom. The van der Waals surface area contributed by atoms with Crippen LogP contribution in [-0.4, -0.2) is 60.9 Å². The van der Waals surface area contributed by atoms with E-state index in [1.54, 1.807) is 0 Å². The Hall–Kier alpha value is -0.650. The van der Waals surface area contributed by atoms with Gasteiger partial charge in [-0.1, -0.05) is 0 Å². The largest absolute Gasteiger partial charge is 0.480 e. The van der Waals surface area contributed by atoms with Crippen LogP contribution >= 0.6 is 0 Å². The second-order valence-electron chi connectivity index (χ2n) is 2.61. The molecule has 1 aliphatic rings. The van der Waals surface area contributed by atoms with Crippen molar-refractivity contribution in [2.24, 2.45) is 0 Å². The number of likely N-dealkylation sites (N-methyl/N-ethyl adjacent to an activating group) is 1. The molecule has 12 heavy (non-hydrogen) atoms. The summed E-state index contributed by atoms with van der Waals surface area (Å²) < 4.78 is 0. The number of nitrogens with one attached hydrogen (secondary N) is 1. The van der Waals surface area contributed by atoms with Crippen LogP contribution in [-0.2, 0) is 4.79 Å². The number of rotatable bonds is 1. The summed E-state index contributed by atoms with van der Waals surface area (Å²) in [5.74, 6) is -1.19. The fourth-order valence-corrected chi connectivity index (χ4v) is 0.777. The van der Waals surface area contributed by atoms with Gasteiger partial charge in [-0.05, 0) is 7.05 Å². The van der Waals surface area contributed by atoms with E-state index >= 15 is 0 Å². The van der Waals surface area contributed by atoms with Gasteiger partial charge in [-0.2, -0.15) is 0 Å². The highest BCUT2D eigenvalue weighted by molar-refractivity contribution is 5.67. The predicted molar refractivity (Wildman–Crippen MR) is 45.1 cm³/mol. The lowest BCUT2D eigenvalue weighted by molar-refractivity contribution is -0.140. The quantitative estimate of drug-likeness (QED) is 0.457. The molecule has 0 atom stereocenters. The molecule has 0 spiro atoms. The number of nitrogens with zero attached hydrogens (tertiary/aromatic N) is 1. The Morgan fingerprint density at radius 2 is 1.92 bits per heavy atom. The van der Waals surface area contributed by atoms with Crippen LogP contribution in [0.15, 0.2) is 0 Å². The van der Waals surface area contributed by atoms with Crippen LogP contribution in [0.4, 0.5) is 0 Å². The van der Waals surface area contributed by atoms with Crippen LogP contribution in [0.2, 0.25) is 0 Å². The monoisotopic (exact) mass is 176 g/mol. The molecule has 1 aliphatic heterocycles. The number of aliphatic hydroxyl groups is 1. The molecule has 1 heterocycles. The van der Waals surface area contributed by atoms with E-state index < -0.39 is 12.6 Å². The lowest BCUT2D eigenvalue weighted by atomic mass is 10.4. The second-order valence-corrected chi connectivity index (χ2v) is 2.61. The maximum Gasteiger partial charge on any atom is 0.329 e. The topological polar surface area (TPSA) is 72.8 Å². The summed E-state index contributed by atoms with van der Waals surface area (Å²) in [7, 11) is 2.15. The summed E-state index contributed by atoms with van der Waals surface area (Å²) in [6, 6.07) is 0. The molecular formula is C7H16N2O3. The SMILES string of the molecule is CN1CCNCC1.O=C(O)CO. The summed E-state index contributed by atoms with van der Waals surface area (Å²) >= 11 is 0. The van der Waals surface area contributed by atoms with Gasteiger partial charge in [0.15, 0.2) is 0 Å². The minimum Gasteiger partial charge on any atom is -0.480 e. The first kappa shape index (κ1) is 11.4. The van der Waals surface area contributed by atoms with Crippen LogP contribution in [0, 0.1) is 0 Å². The fourth-order valence-electron chi connectivity index (χ4n) is 0.777. The summed E-state index contributed by atoms with van der Waals surface area (Å²) in [5, 5.41) is 18.3. The number of carbonyl (C=O) groups is 1. The number of hydrogen-bond acceptors (Lipinski definition) is 4. The number of hydrogen-bond donors (Lipinski definition) is 3. The lowest BCUT2D eigenvalue weighted by Crippen LogP contribution is -2.40. The zero-order valence-electron chi connectivity index (χ0n) is 7.29. The summed E-state index contributed by atoms with van der Waals surface area (Å²) in [4.78, 5) is 11.4. The molecule has 0 radical (unpaired) electrons. The molecule has 0 saturated carbocycles. The van der Waals surface area contributed by atoms with Crippen molar-refractivity contribution in [3.8, 4) is 0 Å². The van der Waals surface area contributed by atoms with Crippen molar-refractivity contribution < 1.29 is 15.0 Å². The molecule has 1 saturated heterocycles. The van der Waals surface area contributed by atoms with Crippen LogP contribution < -0.4 is 5.32 Å². The van der Waals surface area contributed by atoms with Crippen molar-refractivity contribution in [2.75, 3.05) is 39.8 Å². The average molecular weight is 176 g/mol. The van der Waals surface area contributed by atoms with E-state index in [1.807, 2.05) is 0 Å². The van der Waals surface area contributed by atoms with Crippen molar-refractivity contribution in [1.29, 1.82) is 0 Å². The first-order valence-corrected chi connectivity index (χ1v) is 3.88. The fraction of sp³-hybridized carbons (Fsp3) is 0.857. The first-order valence-electron chi connectivity index (χ1n) is 3.88. The van der Waals surface area contributed by atoms with E-state index in [-0.39, 0.29) is 0 Å². The standard InChI is InChI=1S/C5H12N2.C2H4O3/c1-7-4-2-6-3-5-7;3-1-2(4)5/h6H,2-5H2,1H3;3H,1H2,(H,4,5). The molecule has 0 bridgehead atoms. The van der Waals surface area contributed by atoms with Crippen molar-refractivity contribution in [2.45, 2.75) is 0 Å². The maximum absolute atomic E-state index is 9.12. The number of carboxylic acids is 1. The van der Waals surface area contributed by atoms with E-state index in [2.05, 4.69) is 17.3 Å². The molecule has 0 unspecified atom stereocenters. The minimum absolute atomic E-state index is 0.778. The Balaban J connectivity index is 0.000000217. The maximum atomic E-state index is 9.12. The van der Waals surface area contributed by atoms with Gasteiger partial charge in [0.1, 0.15) is 6.61 Å². The number of aliphatic hydroxyl groups excluding tert-OH is 1. The normalized spacial score (nSPS) is 17.8. The van der Waals surface area contributed by atoms with Gasteiger partial charge in [-0.15, -0.1) is 0 Å². The molecule has 3 N–H and O–H groups in total. The van der Waals surface area contributed by atoms with Crippen LogP contribution in [0.3, 0.4) is 0 Å². The van der Waals surface area contributed by atoms with Crippen molar-refractivity contribution in [1.82, 2.24) is 10.2 Å². The Labute approximate surface area is 72.0 Å². The third-order valence-corrected chi connectivity index (χ3v) is 1.48. The van der Waals surface area contributed by atoms with Crippen LogP contribution in [0.5, 0.6) is 0 Å². The van der Waals surface area contributed by atoms with E-state index in [9.17, 15) is 0 Å². The third kappa shape index (κ3) is 7.46. The Bertz CT molecular complexity index is 124. The number of piperazine rings is 1. The van der Waals surface area contributed by atoms with Crippen molar-refractivity contribution in [3.63, 3.8) is 0 Å². The molecule has 72 valence electrons. The summed E-state index contributed by atoms with van der Waals surface area (Å²) in [6.45, 7) is 3.97. The van der Waals surface area contributed by atoms with Gasteiger partial charge in [-0.3, -0.25) is 0 Å². The van der Waals surface area contributed by atoms with Gasteiger partial charge in [-0.25, -0.2) is 4.79 Å². The van der Waals surface area contributed by atoms with E-state index in [0.717, 1.165) is 13.1 Å². The van der Waals surface area contributed by atoms with E-state index in [4.69, 9.17) is 15.0 Å². The molecule has 0 aromatic carbocycles. The predicted octanol–water partition coefficient (Wildman–Crippen LogP) is -1.42. The first-order chi connectivity index (χ1) is 5.66. The van der Waals surface area contributed by atoms with Gasteiger partial charge in [0.2, 0.25) is 0 Å². The lowest BCUT2D eigenvalue weighted by Gasteiger charge is -2.21. The van der Waals surface area contributed by atoms with Gasteiger partial charge in [0.05, 0.1) is 0 Å². The molecule has 0 aliphatic carbocycles. The molecule has 0 amide bonds. The summed E-state index contributed by atoms with van der Waals surface area (Å²) in [5.41, 5.74) is 0. The van der Waals surface area contributed by atoms with Crippen molar-refractivity contribution in [3.05, 3.63) is 0 Å². The molecule has 1 fully saturated rings. The average Bonchev–Trinajstić information content (AvgIpc) is 2.07. The molecule has 0 aromatic heterocycles. The van der Waals surface area contributed by atoms with Gasteiger partial charge in [0.25, 0.3) is 0 Å². The third-order valence-electron chi connectivity index (χ3n) is 1.48. The number of carboxylic acid groups (broad SMARTS) is 1. The van der Waals surface area contributed by atoms with Gasteiger partial charge >= 0.3 is 5.97 Å². The molecule has 1 rings (SSSR count). The molecule has 0 aromatic rings. The van der Waals surface area contributed by atoms with Crippen LogP contribution in [0.25, 0.3) is 0 Å². The molecule has 5 nitrogen and oxygen atoms in total. The minimum atomic E-state index is -1.19. The Kier molecular flexibility index (Phi) is 6.64. The van der Waals surface area contributed by atoms with Crippen molar-refractivity contribution >= 4 is 5.97 Å². The summed E-state index contributed by atoms with van der Waals surface area (Å²) in [6.07, 6.45) is 0. The highest BCUT2D eigenvalue weighted by Gasteiger charge is 2.01. The van der Waals surface area contributed by atoms with Crippen LogP contribution in [0.1, 0.15) is 0 Å². The second kappa shape index (κ2) is 7.02. The van der Waals surface area contributed by atoms with E-state index in [1.165, 1.54) is 13.1 Å². The highest BCUT2D eigenvalue weighted by atomic mass is 16.4. The van der Waals surface area contributed by atoms with Gasteiger partial charge in [0, 0.05) is 26.2 Å².